The van der Waals surface area contributed by atoms with Gasteiger partial charge in [-0.3, -0.25) is 0 Å². The summed E-state index contributed by atoms with van der Waals surface area (Å²) >= 11 is 0. The molecule has 1 atom stereocenters. The van der Waals surface area contributed by atoms with Crippen LogP contribution < -0.4 is 0 Å². The summed E-state index contributed by atoms with van der Waals surface area (Å²) in [6, 6.07) is 4.78. The Morgan fingerprint density at radius 2 is 1.95 bits per heavy atom. The van der Waals surface area contributed by atoms with Gasteiger partial charge in [-0.25, -0.2) is 16.8 Å². The molecule has 0 radical (unpaired) electrons. The molecule has 7 heteroatoms. The molecule has 0 saturated carbocycles. The second-order valence-corrected chi connectivity index (χ2v) is 10.0. The predicted octanol–water partition coefficient (Wildman–Crippen LogP) is 1.89. The van der Waals surface area contributed by atoms with Crippen molar-refractivity contribution in [2.45, 2.75) is 44.6 Å². The van der Waals surface area contributed by atoms with E-state index in [1.807, 2.05) is 19.9 Å². The van der Waals surface area contributed by atoms with Gasteiger partial charge < -0.3 is 0 Å². The molecule has 1 heterocycles. The molecule has 0 aromatic heterocycles. The molecule has 1 aliphatic heterocycles. The largest absolute Gasteiger partial charge is 0.243 e. The van der Waals surface area contributed by atoms with Crippen LogP contribution in [0, 0.1) is 13.8 Å². The zero-order valence-electron chi connectivity index (χ0n) is 13.2. The minimum atomic E-state index is -3.68. The smallest absolute Gasteiger partial charge is 0.229 e. The van der Waals surface area contributed by atoms with Crippen LogP contribution in [0.5, 0.6) is 0 Å². The Bertz CT molecular complexity index is 754. The fourth-order valence-corrected chi connectivity index (χ4v) is 6.72. The van der Waals surface area contributed by atoms with E-state index < -0.39 is 25.9 Å². The van der Waals surface area contributed by atoms with Gasteiger partial charge in [-0.1, -0.05) is 24.6 Å². The Morgan fingerprint density at radius 3 is 2.45 bits per heavy atom. The van der Waals surface area contributed by atoms with Crippen molar-refractivity contribution in [3.8, 4) is 0 Å². The van der Waals surface area contributed by atoms with Crippen LogP contribution in [0.3, 0.4) is 0 Å². The van der Waals surface area contributed by atoms with Crippen molar-refractivity contribution in [2.24, 2.45) is 0 Å². The van der Waals surface area contributed by atoms with Crippen molar-refractivity contribution in [1.82, 2.24) is 4.31 Å². The zero-order valence-corrected chi connectivity index (χ0v) is 14.9. The molecule has 0 bridgehead atoms. The van der Waals surface area contributed by atoms with Gasteiger partial charge in [-0.05, 0) is 38.3 Å². The Hall–Kier alpha value is -0.920. The van der Waals surface area contributed by atoms with E-state index in [0.717, 1.165) is 5.56 Å². The fraction of sp³-hybridized carbons (Fsp3) is 0.600. The fourth-order valence-electron chi connectivity index (χ4n) is 2.94. The SMILES string of the molecule is CCCN([C@@H]1CCS(=O)(=O)C1)S(=O)(=O)c1ccc(C)cc1C. The molecule has 22 heavy (non-hydrogen) atoms. The number of benzene rings is 1. The topological polar surface area (TPSA) is 71.5 Å². The van der Waals surface area contributed by atoms with Crippen LogP contribution in [0.4, 0.5) is 0 Å². The van der Waals surface area contributed by atoms with E-state index in [1.165, 1.54) is 4.31 Å². The highest BCUT2D eigenvalue weighted by Gasteiger charge is 2.38. The quantitative estimate of drug-likeness (QED) is 0.817. The maximum absolute atomic E-state index is 13.0. The monoisotopic (exact) mass is 345 g/mol. The van der Waals surface area contributed by atoms with Crippen LogP contribution in [0.25, 0.3) is 0 Å². The molecular formula is C15H23NO4S2. The molecule has 124 valence electrons. The lowest BCUT2D eigenvalue weighted by molar-refractivity contribution is 0.340. The number of sulfone groups is 1. The minimum Gasteiger partial charge on any atom is -0.229 e. The van der Waals surface area contributed by atoms with Gasteiger partial charge in [0, 0.05) is 12.6 Å². The molecule has 1 aromatic rings. The van der Waals surface area contributed by atoms with E-state index >= 15 is 0 Å². The third-order valence-electron chi connectivity index (χ3n) is 3.98. The molecule has 5 nitrogen and oxygen atoms in total. The minimum absolute atomic E-state index is 0.0697. The van der Waals surface area contributed by atoms with E-state index in [4.69, 9.17) is 0 Å². The molecule has 0 unspecified atom stereocenters. The van der Waals surface area contributed by atoms with E-state index in [1.54, 1.807) is 19.1 Å². The standard InChI is InChI=1S/C15H23NO4S2/c1-4-8-16(14-7-9-21(17,18)11-14)22(19,20)15-6-5-12(2)10-13(15)3/h5-6,10,14H,4,7-9,11H2,1-3H3/t14-/m1/s1. The van der Waals surface area contributed by atoms with Crippen molar-refractivity contribution < 1.29 is 16.8 Å². The summed E-state index contributed by atoms with van der Waals surface area (Å²) in [5.41, 5.74) is 1.70. The molecule has 0 aliphatic carbocycles. The van der Waals surface area contributed by atoms with Crippen LogP contribution in [-0.2, 0) is 19.9 Å². The highest BCUT2D eigenvalue weighted by molar-refractivity contribution is 7.92. The second kappa shape index (κ2) is 6.29. The zero-order chi connectivity index (χ0) is 16.5. The van der Waals surface area contributed by atoms with Gasteiger partial charge in [0.15, 0.2) is 9.84 Å². The van der Waals surface area contributed by atoms with Crippen molar-refractivity contribution in [2.75, 3.05) is 18.1 Å². The van der Waals surface area contributed by atoms with Crippen molar-refractivity contribution >= 4 is 19.9 Å². The average Bonchev–Trinajstić information content (AvgIpc) is 2.75. The van der Waals surface area contributed by atoms with Gasteiger partial charge in [0.25, 0.3) is 0 Å². The Balaban J connectivity index is 2.42. The lowest BCUT2D eigenvalue weighted by atomic mass is 10.2. The number of hydrogen-bond donors (Lipinski definition) is 0. The summed E-state index contributed by atoms with van der Waals surface area (Å²) in [5.74, 6) is -0.00256. The molecule has 0 N–H and O–H groups in total. The maximum Gasteiger partial charge on any atom is 0.243 e. The maximum atomic E-state index is 13.0. The van der Waals surface area contributed by atoms with Gasteiger partial charge in [0.2, 0.25) is 10.0 Å². The molecule has 2 rings (SSSR count). The number of nitrogens with zero attached hydrogens (tertiary/aromatic N) is 1. The molecule has 1 aromatic carbocycles. The van der Waals surface area contributed by atoms with Gasteiger partial charge in [-0.15, -0.1) is 0 Å². The van der Waals surface area contributed by atoms with Crippen LogP contribution >= 0.6 is 0 Å². The highest BCUT2D eigenvalue weighted by atomic mass is 32.2. The van der Waals surface area contributed by atoms with Gasteiger partial charge in [0.05, 0.1) is 16.4 Å². The van der Waals surface area contributed by atoms with Gasteiger partial charge in [-0.2, -0.15) is 4.31 Å². The summed E-state index contributed by atoms with van der Waals surface area (Å²) in [6.45, 7) is 5.93. The summed E-state index contributed by atoms with van der Waals surface area (Å²) < 4.78 is 50.8. The summed E-state index contributed by atoms with van der Waals surface area (Å²) in [6.07, 6.45) is 1.03. The average molecular weight is 345 g/mol. The summed E-state index contributed by atoms with van der Waals surface area (Å²) in [5, 5.41) is 0. The summed E-state index contributed by atoms with van der Waals surface area (Å²) in [7, 11) is -6.80. The normalized spacial score (nSPS) is 21.4. The highest BCUT2D eigenvalue weighted by Crippen LogP contribution is 2.27. The lowest BCUT2D eigenvalue weighted by Crippen LogP contribution is -2.41. The molecule has 1 saturated heterocycles. The van der Waals surface area contributed by atoms with Gasteiger partial charge >= 0.3 is 0 Å². The molecule has 1 aliphatic rings. The number of aryl methyl sites for hydroxylation is 2. The van der Waals surface area contributed by atoms with E-state index in [0.29, 0.717) is 24.9 Å². The Kier molecular flexibility index (Phi) is 4.99. The third-order valence-corrected chi connectivity index (χ3v) is 7.84. The number of hydrogen-bond acceptors (Lipinski definition) is 4. The van der Waals surface area contributed by atoms with Crippen molar-refractivity contribution in [3.05, 3.63) is 29.3 Å². The van der Waals surface area contributed by atoms with Crippen molar-refractivity contribution in [3.63, 3.8) is 0 Å². The molecule has 0 amide bonds. The van der Waals surface area contributed by atoms with E-state index in [-0.39, 0.29) is 16.4 Å². The molecule has 0 spiro atoms. The van der Waals surface area contributed by atoms with Crippen molar-refractivity contribution in [1.29, 1.82) is 0 Å². The number of sulfonamides is 1. The first-order chi connectivity index (χ1) is 10.2. The molecule has 1 fully saturated rings. The first-order valence-electron chi connectivity index (χ1n) is 7.47. The third kappa shape index (κ3) is 3.52. The van der Waals surface area contributed by atoms with Crippen LogP contribution in [0.1, 0.15) is 30.9 Å². The summed E-state index contributed by atoms with van der Waals surface area (Å²) in [4.78, 5) is 0.274. The molecular weight excluding hydrogens is 322 g/mol. The lowest BCUT2D eigenvalue weighted by Gasteiger charge is -2.27. The van der Waals surface area contributed by atoms with E-state index in [9.17, 15) is 16.8 Å². The first-order valence-corrected chi connectivity index (χ1v) is 10.7. The second-order valence-electron chi connectivity index (χ2n) is 5.94. The Labute approximate surface area is 133 Å². The van der Waals surface area contributed by atoms with Crippen LogP contribution in [0.2, 0.25) is 0 Å². The Morgan fingerprint density at radius 1 is 1.27 bits per heavy atom. The number of rotatable bonds is 5. The first kappa shape index (κ1) is 17.4. The van der Waals surface area contributed by atoms with Crippen LogP contribution in [-0.4, -0.2) is 45.2 Å². The van der Waals surface area contributed by atoms with E-state index in [2.05, 4.69) is 0 Å². The van der Waals surface area contributed by atoms with Gasteiger partial charge in [0.1, 0.15) is 0 Å². The van der Waals surface area contributed by atoms with Crippen LogP contribution in [0.15, 0.2) is 23.1 Å². The predicted molar refractivity (Wildman–Crippen MR) is 87.2 cm³/mol.